The normalized spacial score (nSPS) is 23.6. The molecule has 0 aromatic heterocycles. The fourth-order valence-corrected chi connectivity index (χ4v) is 3.06. The second-order valence-corrected chi connectivity index (χ2v) is 6.20. The Kier molecular flexibility index (Phi) is 4.58. The first-order chi connectivity index (χ1) is 9.86. The van der Waals surface area contributed by atoms with Gasteiger partial charge >= 0.3 is 0 Å². The third-order valence-corrected chi connectivity index (χ3v) is 4.53. The zero-order chi connectivity index (χ0) is 13.8. The molecule has 110 valence electrons. The Labute approximate surface area is 122 Å². The molecule has 0 amide bonds. The van der Waals surface area contributed by atoms with Gasteiger partial charge in [-0.3, -0.25) is 0 Å². The number of aliphatic hydroxyl groups excluding tert-OH is 1. The first kappa shape index (κ1) is 13.9. The van der Waals surface area contributed by atoms with Gasteiger partial charge in [-0.1, -0.05) is 25.0 Å². The van der Waals surface area contributed by atoms with Crippen LogP contribution in [-0.4, -0.2) is 30.3 Å². The van der Waals surface area contributed by atoms with Gasteiger partial charge in [0.2, 0.25) is 0 Å². The number of hydrogen-bond acceptors (Lipinski definition) is 3. The molecular weight excluding hydrogens is 248 g/mol. The predicted octanol–water partition coefficient (Wildman–Crippen LogP) is 2.68. The highest BCUT2D eigenvalue weighted by atomic mass is 16.3. The molecule has 2 N–H and O–H groups in total. The summed E-state index contributed by atoms with van der Waals surface area (Å²) >= 11 is 0. The van der Waals surface area contributed by atoms with Crippen molar-refractivity contribution in [2.75, 3.05) is 18.1 Å². The van der Waals surface area contributed by atoms with Crippen LogP contribution in [0, 0.1) is 0 Å². The highest BCUT2D eigenvalue weighted by Gasteiger charge is 2.21. The van der Waals surface area contributed by atoms with Gasteiger partial charge in [-0.05, 0) is 43.4 Å². The van der Waals surface area contributed by atoms with Gasteiger partial charge in [0, 0.05) is 24.8 Å². The van der Waals surface area contributed by atoms with Crippen LogP contribution in [0.3, 0.4) is 0 Å². The molecule has 3 nitrogen and oxygen atoms in total. The lowest BCUT2D eigenvalue weighted by molar-refractivity contribution is 0.255. The topological polar surface area (TPSA) is 35.5 Å². The summed E-state index contributed by atoms with van der Waals surface area (Å²) in [4.78, 5) is 2.39. The maximum Gasteiger partial charge on any atom is 0.0635 e. The van der Waals surface area contributed by atoms with Gasteiger partial charge in [-0.15, -0.1) is 0 Å². The van der Waals surface area contributed by atoms with Crippen molar-refractivity contribution in [1.82, 2.24) is 5.32 Å². The van der Waals surface area contributed by atoms with E-state index < -0.39 is 0 Å². The lowest BCUT2D eigenvalue weighted by atomic mass is 10.1. The molecule has 1 heterocycles. The van der Waals surface area contributed by atoms with Gasteiger partial charge in [-0.2, -0.15) is 0 Å². The molecular formula is C17H26N2O. The van der Waals surface area contributed by atoms with Gasteiger partial charge in [0.25, 0.3) is 0 Å². The highest BCUT2D eigenvalue weighted by molar-refractivity contribution is 5.48. The fraction of sp³-hybridized carbons (Fsp3) is 0.647. The summed E-state index contributed by atoms with van der Waals surface area (Å²) in [6, 6.07) is 9.95. The van der Waals surface area contributed by atoms with Crippen LogP contribution in [-0.2, 0) is 6.54 Å². The molecule has 1 atom stereocenters. The van der Waals surface area contributed by atoms with E-state index in [1.165, 1.54) is 43.4 Å². The highest BCUT2D eigenvalue weighted by Crippen LogP contribution is 2.25. The molecule has 0 radical (unpaired) electrons. The molecule has 3 rings (SSSR count). The van der Waals surface area contributed by atoms with Crippen LogP contribution in [0.25, 0.3) is 0 Å². The van der Waals surface area contributed by atoms with E-state index in [1.54, 1.807) is 0 Å². The number of anilines is 1. The Hall–Kier alpha value is -1.06. The van der Waals surface area contributed by atoms with Crippen LogP contribution in [0.5, 0.6) is 0 Å². The first-order valence-electron chi connectivity index (χ1n) is 8.06. The minimum Gasteiger partial charge on any atom is -0.394 e. The van der Waals surface area contributed by atoms with Crippen molar-refractivity contribution < 1.29 is 5.11 Å². The minimum atomic E-state index is 0.269. The number of hydrogen-bond donors (Lipinski definition) is 2. The van der Waals surface area contributed by atoms with E-state index in [0.717, 1.165) is 25.6 Å². The lowest BCUT2D eigenvalue weighted by Gasteiger charge is -2.31. The SMILES string of the molecule is OCC1CCCCCN1c1ccc(CNC2CC2)cc1. The summed E-state index contributed by atoms with van der Waals surface area (Å²) in [5.41, 5.74) is 2.62. The van der Waals surface area contributed by atoms with Crippen molar-refractivity contribution >= 4 is 5.69 Å². The van der Waals surface area contributed by atoms with Crippen LogP contribution < -0.4 is 10.2 Å². The Morgan fingerprint density at radius 2 is 1.85 bits per heavy atom. The molecule has 1 saturated carbocycles. The van der Waals surface area contributed by atoms with Crippen LogP contribution in [0.2, 0.25) is 0 Å². The summed E-state index contributed by atoms with van der Waals surface area (Å²) in [6.45, 7) is 2.32. The third kappa shape index (κ3) is 3.53. The Bertz CT molecular complexity index is 414. The van der Waals surface area contributed by atoms with Gasteiger partial charge in [0.05, 0.1) is 12.6 Å². The minimum absolute atomic E-state index is 0.269. The van der Waals surface area contributed by atoms with E-state index in [4.69, 9.17) is 0 Å². The van der Waals surface area contributed by atoms with Crippen molar-refractivity contribution in [3.63, 3.8) is 0 Å². The molecule has 2 fully saturated rings. The zero-order valence-electron chi connectivity index (χ0n) is 12.2. The molecule has 1 saturated heterocycles. The lowest BCUT2D eigenvalue weighted by Crippen LogP contribution is -2.37. The molecule has 20 heavy (non-hydrogen) atoms. The monoisotopic (exact) mass is 274 g/mol. The zero-order valence-corrected chi connectivity index (χ0v) is 12.2. The molecule has 1 aliphatic heterocycles. The summed E-state index contributed by atoms with van der Waals surface area (Å²) in [5.74, 6) is 0. The molecule has 1 aromatic rings. The third-order valence-electron chi connectivity index (χ3n) is 4.53. The Morgan fingerprint density at radius 1 is 1.05 bits per heavy atom. The standard InChI is InChI=1S/C17H26N2O/c20-13-17-4-2-1-3-11-19(17)16-9-5-14(6-10-16)12-18-15-7-8-15/h5-6,9-10,15,17-18,20H,1-4,7-8,11-13H2. The molecule has 2 aliphatic rings. The second kappa shape index (κ2) is 6.59. The Morgan fingerprint density at radius 3 is 2.55 bits per heavy atom. The number of benzene rings is 1. The molecule has 1 aromatic carbocycles. The van der Waals surface area contributed by atoms with Crippen molar-refractivity contribution in [1.29, 1.82) is 0 Å². The summed E-state index contributed by atoms with van der Waals surface area (Å²) in [7, 11) is 0. The average Bonchev–Trinajstić information content (AvgIpc) is 3.32. The summed E-state index contributed by atoms with van der Waals surface area (Å²) in [6.07, 6.45) is 7.55. The van der Waals surface area contributed by atoms with Crippen molar-refractivity contribution in [3.05, 3.63) is 29.8 Å². The van der Waals surface area contributed by atoms with E-state index in [0.29, 0.717) is 6.04 Å². The molecule has 1 aliphatic carbocycles. The fourth-order valence-electron chi connectivity index (χ4n) is 3.06. The average molecular weight is 274 g/mol. The van der Waals surface area contributed by atoms with Crippen molar-refractivity contribution in [2.24, 2.45) is 0 Å². The quantitative estimate of drug-likeness (QED) is 0.866. The summed E-state index contributed by atoms with van der Waals surface area (Å²) < 4.78 is 0. The number of nitrogens with zero attached hydrogens (tertiary/aromatic N) is 1. The molecule has 3 heteroatoms. The first-order valence-corrected chi connectivity index (χ1v) is 8.06. The predicted molar refractivity (Wildman–Crippen MR) is 83.0 cm³/mol. The van der Waals surface area contributed by atoms with Gasteiger partial charge in [0.1, 0.15) is 0 Å². The summed E-state index contributed by atoms with van der Waals surface area (Å²) in [5, 5.41) is 13.2. The van der Waals surface area contributed by atoms with E-state index >= 15 is 0 Å². The van der Waals surface area contributed by atoms with Crippen molar-refractivity contribution in [3.8, 4) is 0 Å². The number of nitrogens with one attached hydrogen (secondary N) is 1. The van der Waals surface area contributed by atoms with Gasteiger partial charge in [0.15, 0.2) is 0 Å². The van der Waals surface area contributed by atoms with Crippen molar-refractivity contribution in [2.45, 2.75) is 57.2 Å². The largest absolute Gasteiger partial charge is 0.394 e. The molecule has 1 unspecified atom stereocenters. The number of aliphatic hydroxyl groups is 1. The van der Waals surface area contributed by atoms with Gasteiger partial charge in [-0.25, -0.2) is 0 Å². The van der Waals surface area contributed by atoms with Gasteiger partial charge < -0.3 is 15.3 Å². The van der Waals surface area contributed by atoms with E-state index in [2.05, 4.69) is 34.5 Å². The maximum absolute atomic E-state index is 9.60. The van der Waals surface area contributed by atoms with Crippen LogP contribution in [0.4, 0.5) is 5.69 Å². The van der Waals surface area contributed by atoms with Crippen LogP contribution in [0.1, 0.15) is 44.1 Å². The van der Waals surface area contributed by atoms with E-state index in [1.807, 2.05) is 0 Å². The molecule has 0 bridgehead atoms. The van der Waals surface area contributed by atoms with E-state index in [-0.39, 0.29) is 6.61 Å². The molecule has 0 spiro atoms. The maximum atomic E-state index is 9.60. The second-order valence-electron chi connectivity index (χ2n) is 6.20. The van der Waals surface area contributed by atoms with Crippen LogP contribution in [0.15, 0.2) is 24.3 Å². The smallest absolute Gasteiger partial charge is 0.0635 e. The van der Waals surface area contributed by atoms with E-state index in [9.17, 15) is 5.11 Å². The number of rotatable bonds is 5. The van der Waals surface area contributed by atoms with Crippen LogP contribution >= 0.6 is 0 Å². The Balaban J connectivity index is 1.64.